The van der Waals surface area contributed by atoms with Gasteiger partial charge in [0.25, 0.3) is 5.91 Å². The van der Waals surface area contributed by atoms with Crippen molar-refractivity contribution in [3.63, 3.8) is 0 Å². The van der Waals surface area contributed by atoms with Crippen LogP contribution in [0, 0.1) is 13.8 Å². The van der Waals surface area contributed by atoms with E-state index in [0.717, 1.165) is 23.4 Å². The maximum Gasteiger partial charge on any atom is 0.416 e. The quantitative estimate of drug-likeness (QED) is 0.265. The Morgan fingerprint density at radius 3 is 2.62 bits per heavy atom. The lowest BCUT2D eigenvalue weighted by Gasteiger charge is -2.19. The smallest absolute Gasteiger partial charge is 0.397 e. The number of halogens is 3. The van der Waals surface area contributed by atoms with Crippen LogP contribution in [-0.2, 0) is 19.8 Å². The van der Waals surface area contributed by atoms with E-state index in [0.29, 0.717) is 42.0 Å². The lowest BCUT2D eigenvalue weighted by molar-refractivity contribution is -0.137. The molecule has 39 heavy (non-hydrogen) atoms. The molecule has 9 nitrogen and oxygen atoms in total. The minimum atomic E-state index is -4.59. The highest BCUT2D eigenvalue weighted by Crippen LogP contribution is 2.33. The summed E-state index contributed by atoms with van der Waals surface area (Å²) in [4.78, 5) is 15.0. The number of β-amino-alcohol motifs (C(OH)–C–C–N with tert-alkyl or cyclic N) is 1. The first-order valence-electron chi connectivity index (χ1n) is 12.4. The molecule has 1 aliphatic rings. The first kappa shape index (κ1) is 28.1. The number of benzene rings is 2. The molecule has 0 radical (unpaired) electrons. The van der Waals surface area contributed by atoms with Crippen LogP contribution in [0.1, 0.15) is 44.7 Å². The van der Waals surface area contributed by atoms with Crippen molar-refractivity contribution in [2.24, 2.45) is 18.6 Å². The third-order valence-corrected chi connectivity index (χ3v) is 6.81. The van der Waals surface area contributed by atoms with Gasteiger partial charge in [-0.1, -0.05) is 6.07 Å². The van der Waals surface area contributed by atoms with E-state index in [-0.39, 0.29) is 17.8 Å². The summed E-state index contributed by atoms with van der Waals surface area (Å²) < 4.78 is 42.5. The molecule has 12 heteroatoms. The molecular weight excluding hydrogens is 511 g/mol. The number of aryl methyl sites for hydroxylation is 2. The van der Waals surface area contributed by atoms with Gasteiger partial charge in [0.2, 0.25) is 0 Å². The predicted molar refractivity (Wildman–Crippen MR) is 143 cm³/mol. The van der Waals surface area contributed by atoms with Gasteiger partial charge in [-0.05, 0) is 61.7 Å². The largest absolute Gasteiger partial charge is 0.416 e. The number of aliphatic hydroxyl groups is 1. The van der Waals surface area contributed by atoms with Crippen molar-refractivity contribution in [1.29, 1.82) is 0 Å². The van der Waals surface area contributed by atoms with E-state index in [1.807, 2.05) is 18.7 Å². The SMILES string of the molecule is Cc1ccc(C(=O)Nc2cc(CN3CCC(O)C3)cc(C(F)(F)F)c2)cc1N(N)/C=C(\N)c1cnn(C)c1C. The number of anilines is 2. The molecule has 1 aromatic heterocycles. The third kappa shape index (κ3) is 6.59. The van der Waals surface area contributed by atoms with E-state index in [9.17, 15) is 23.1 Å². The van der Waals surface area contributed by atoms with E-state index in [2.05, 4.69) is 10.4 Å². The lowest BCUT2D eigenvalue weighted by atomic mass is 10.1. The fourth-order valence-corrected chi connectivity index (χ4v) is 4.54. The fraction of sp³-hybridized carbons (Fsp3) is 0.333. The van der Waals surface area contributed by atoms with Crippen LogP contribution in [-0.4, -0.2) is 44.9 Å². The van der Waals surface area contributed by atoms with Crippen molar-refractivity contribution in [2.75, 3.05) is 23.4 Å². The Kier molecular flexibility index (Phi) is 8.00. The second-order valence-corrected chi connectivity index (χ2v) is 9.81. The van der Waals surface area contributed by atoms with Gasteiger partial charge in [-0.15, -0.1) is 0 Å². The van der Waals surface area contributed by atoms with Crippen LogP contribution in [0.3, 0.4) is 0 Å². The number of aliphatic hydroxyl groups excluding tert-OH is 1. The number of hydrogen-bond donors (Lipinski definition) is 4. The summed E-state index contributed by atoms with van der Waals surface area (Å²) in [5, 5.41) is 17.8. The van der Waals surface area contributed by atoms with Crippen molar-refractivity contribution < 1.29 is 23.1 Å². The minimum absolute atomic E-state index is 0.0208. The van der Waals surface area contributed by atoms with Crippen molar-refractivity contribution >= 4 is 23.0 Å². The Morgan fingerprint density at radius 2 is 2.00 bits per heavy atom. The molecule has 2 aromatic carbocycles. The normalized spacial score (nSPS) is 16.5. The standard InChI is InChI=1S/C27H32F3N7O2/c1-16-4-5-19(10-25(16)37(32)15-24(31)23-12-33-35(3)17(23)2)26(39)34-21-9-18(8-20(11-21)27(28,29)30)13-36-7-6-22(38)14-36/h4-5,8-12,15,22,38H,6-7,13-14,31-32H2,1-3H3,(H,34,39)/b24-15-. The van der Waals surface area contributed by atoms with Crippen LogP contribution in [0.25, 0.3) is 5.70 Å². The highest BCUT2D eigenvalue weighted by atomic mass is 19.4. The van der Waals surface area contributed by atoms with E-state index < -0.39 is 23.8 Å². The Labute approximate surface area is 224 Å². The summed E-state index contributed by atoms with van der Waals surface area (Å²) in [6, 6.07) is 8.30. The molecule has 0 bridgehead atoms. The molecule has 208 valence electrons. The van der Waals surface area contributed by atoms with Gasteiger partial charge in [0.05, 0.1) is 29.2 Å². The summed E-state index contributed by atoms with van der Waals surface area (Å²) in [5.41, 5.74) is 9.16. The number of nitrogens with two attached hydrogens (primary N) is 2. The first-order valence-corrected chi connectivity index (χ1v) is 12.4. The van der Waals surface area contributed by atoms with Gasteiger partial charge in [0.1, 0.15) is 0 Å². The van der Waals surface area contributed by atoms with Gasteiger partial charge in [0, 0.05) is 55.4 Å². The number of aromatic nitrogens is 2. The maximum atomic E-state index is 13.6. The Balaban J connectivity index is 1.57. The number of alkyl halides is 3. The third-order valence-electron chi connectivity index (χ3n) is 6.81. The monoisotopic (exact) mass is 543 g/mol. The number of nitrogens with zero attached hydrogens (tertiary/aromatic N) is 4. The number of nitrogens with one attached hydrogen (secondary N) is 1. The minimum Gasteiger partial charge on any atom is -0.397 e. The van der Waals surface area contributed by atoms with Crippen LogP contribution in [0.15, 0.2) is 48.8 Å². The fourth-order valence-electron chi connectivity index (χ4n) is 4.54. The molecule has 1 aliphatic heterocycles. The maximum absolute atomic E-state index is 13.6. The molecule has 1 fully saturated rings. The van der Waals surface area contributed by atoms with Gasteiger partial charge in [0.15, 0.2) is 0 Å². The van der Waals surface area contributed by atoms with Crippen LogP contribution >= 0.6 is 0 Å². The van der Waals surface area contributed by atoms with E-state index >= 15 is 0 Å². The number of rotatable bonds is 7. The van der Waals surface area contributed by atoms with Crippen LogP contribution in [0.4, 0.5) is 24.5 Å². The highest BCUT2D eigenvalue weighted by molar-refractivity contribution is 6.05. The van der Waals surface area contributed by atoms with E-state index in [1.165, 1.54) is 17.3 Å². The van der Waals surface area contributed by atoms with Gasteiger partial charge in [-0.25, -0.2) is 5.84 Å². The van der Waals surface area contributed by atoms with Gasteiger partial charge in [-0.2, -0.15) is 18.3 Å². The Hall–Kier alpha value is -3.87. The second-order valence-electron chi connectivity index (χ2n) is 9.81. The molecular formula is C27H32F3N7O2. The average Bonchev–Trinajstić information content (AvgIpc) is 3.42. The average molecular weight is 544 g/mol. The van der Waals surface area contributed by atoms with Gasteiger partial charge in [-0.3, -0.25) is 19.4 Å². The van der Waals surface area contributed by atoms with Crippen LogP contribution in [0.5, 0.6) is 0 Å². The van der Waals surface area contributed by atoms with Crippen molar-refractivity contribution in [2.45, 2.75) is 39.1 Å². The van der Waals surface area contributed by atoms with Gasteiger partial charge >= 0.3 is 6.18 Å². The van der Waals surface area contributed by atoms with Crippen molar-refractivity contribution in [1.82, 2.24) is 14.7 Å². The number of amides is 1. The number of carbonyl (C=O) groups is 1. The summed E-state index contributed by atoms with van der Waals surface area (Å²) in [7, 11) is 1.79. The summed E-state index contributed by atoms with van der Waals surface area (Å²) >= 11 is 0. The summed E-state index contributed by atoms with van der Waals surface area (Å²) in [6.07, 6.45) is -1.37. The van der Waals surface area contributed by atoms with Crippen LogP contribution < -0.4 is 21.9 Å². The molecule has 0 saturated carbocycles. The number of likely N-dealkylation sites (tertiary alicyclic amines) is 1. The van der Waals surface area contributed by atoms with Crippen LogP contribution in [0.2, 0.25) is 0 Å². The topological polar surface area (TPSA) is 126 Å². The highest BCUT2D eigenvalue weighted by Gasteiger charge is 2.32. The number of hydrogen-bond acceptors (Lipinski definition) is 7. The zero-order chi connectivity index (χ0) is 28.5. The molecule has 2 heterocycles. The zero-order valence-corrected chi connectivity index (χ0v) is 22.0. The Morgan fingerprint density at radius 1 is 1.26 bits per heavy atom. The first-order chi connectivity index (χ1) is 18.3. The van der Waals surface area contributed by atoms with E-state index in [4.69, 9.17) is 11.6 Å². The molecule has 1 amide bonds. The molecule has 1 saturated heterocycles. The molecule has 0 aliphatic carbocycles. The molecule has 1 atom stereocenters. The molecule has 6 N–H and O–H groups in total. The summed E-state index contributed by atoms with van der Waals surface area (Å²) in [5.74, 6) is 5.67. The molecule has 4 rings (SSSR count). The Bertz CT molecular complexity index is 1400. The second kappa shape index (κ2) is 11.1. The zero-order valence-electron chi connectivity index (χ0n) is 22.0. The lowest BCUT2D eigenvalue weighted by Crippen LogP contribution is -2.27. The van der Waals surface area contributed by atoms with E-state index in [1.54, 1.807) is 36.1 Å². The van der Waals surface area contributed by atoms with Gasteiger partial charge < -0.3 is 16.2 Å². The van der Waals surface area contributed by atoms with Crippen molar-refractivity contribution in [3.05, 3.63) is 82.3 Å². The number of hydrazine groups is 1. The molecule has 1 unspecified atom stereocenters. The summed E-state index contributed by atoms with van der Waals surface area (Å²) in [6.45, 7) is 4.88. The number of carbonyl (C=O) groups excluding carboxylic acids is 1. The van der Waals surface area contributed by atoms with Crippen molar-refractivity contribution in [3.8, 4) is 0 Å². The predicted octanol–water partition coefficient (Wildman–Crippen LogP) is 3.51. The molecule has 3 aromatic rings. The molecule has 0 spiro atoms.